The number of benzene rings is 1. The number of hydrogen-bond acceptors (Lipinski definition) is 3. The molecule has 0 unspecified atom stereocenters. The number of H-pyrrole nitrogens is 1. The molecule has 4 heteroatoms. The maximum Gasteiger partial charge on any atom is 0.272 e. The van der Waals surface area contributed by atoms with Crippen molar-refractivity contribution in [3.8, 4) is 0 Å². The van der Waals surface area contributed by atoms with Gasteiger partial charge in [0.25, 0.3) is 5.56 Å². The van der Waals surface area contributed by atoms with Gasteiger partial charge in [0.1, 0.15) is 11.3 Å². The SMILES string of the molecule is COC1(c2n[nH]c(=O)c3ccc(C)cc23)CC1. The molecule has 1 aromatic heterocycles. The summed E-state index contributed by atoms with van der Waals surface area (Å²) < 4.78 is 5.54. The molecule has 1 saturated carbocycles. The van der Waals surface area contributed by atoms with Crippen molar-refractivity contribution in [3.63, 3.8) is 0 Å². The molecule has 0 spiro atoms. The predicted molar refractivity (Wildman–Crippen MR) is 65.0 cm³/mol. The highest BCUT2D eigenvalue weighted by atomic mass is 16.5. The van der Waals surface area contributed by atoms with Crippen molar-refractivity contribution in [1.29, 1.82) is 0 Å². The molecule has 0 aliphatic heterocycles. The van der Waals surface area contributed by atoms with Crippen LogP contribution in [0.5, 0.6) is 0 Å². The lowest BCUT2D eigenvalue weighted by molar-refractivity contribution is 0.0757. The van der Waals surface area contributed by atoms with Gasteiger partial charge in [0.05, 0.1) is 5.39 Å². The number of nitrogens with one attached hydrogen (secondary N) is 1. The van der Waals surface area contributed by atoms with Crippen molar-refractivity contribution in [2.24, 2.45) is 0 Å². The number of aryl methyl sites for hydroxylation is 1. The van der Waals surface area contributed by atoms with Crippen LogP contribution in [0.15, 0.2) is 23.0 Å². The third-order valence-corrected chi connectivity index (χ3v) is 3.47. The van der Waals surface area contributed by atoms with E-state index in [1.807, 2.05) is 25.1 Å². The topological polar surface area (TPSA) is 55.0 Å². The summed E-state index contributed by atoms with van der Waals surface area (Å²) in [5.41, 5.74) is 1.56. The van der Waals surface area contributed by atoms with Crippen LogP contribution in [-0.2, 0) is 10.3 Å². The van der Waals surface area contributed by atoms with Gasteiger partial charge in [-0.05, 0) is 31.9 Å². The molecule has 1 heterocycles. The van der Waals surface area contributed by atoms with Crippen LogP contribution < -0.4 is 5.56 Å². The molecular weight excluding hydrogens is 216 g/mol. The van der Waals surface area contributed by atoms with Crippen molar-refractivity contribution in [2.75, 3.05) is 7.11 Å². The van der Waals surface area contributed by atoms with E-state index in [1.165, 1.54) is 0 Å². The minimum atomic E-state index is -0.282. The summed E-state index contributed by atoms with van der Waals surface area (Å²) in [6.45, 7) is 2.01. The van der Waals surface area contributed by atoms with Gasteiger partial charge in [-0.25, -0.2) is 5.10 Å². The molecule has 0 atom stereocenters. The van der Waals surface area contributed by atoms with E-state index < -0.39 is 0 Å². The van der Waals surface area contributed by atoms with Gasteiger partial charge in [0.15, 0.2) is 0 Å². The molecule has 0 radical (unpaired) electrons. The molecule has 0 saturated heterocycles. The normalized spacial score (nSPS) is 17.3. The number of nitrogens with zero attached hydrogens (tertiary/aromatic N) is 1. The number of fused-ring (bicyclic) bond motifs is 1. The van der Waals surface area contributed by atoms with Crippen LogP contribution in [-0.4, -0.2) is 17.3 Å². The van der Waals surface area contributed by atoms with E-state index in [-0.39, 0.29) is 11.2 Å². The molecule has 3 rings (SSSR count). The van der Waals surface area contributed by atoms with E-state index in [1.54, 1.807) is 7.11 Å². The quantitative estimate of drug-likeness (QED) is 0.856. The second-order valence-electron chi connectivity index (χ2n) is 4.65. The van der Waals surface area contributed by atoms with E-state index in [4.69, 9.17) is 4.74 Å². The van der Waals surface area contributed by atoms with Gasteiger partial charge in [0, 0.05) is 12.5 Å². The summed E-state index contributed by atoms with van der Waals surface area (Å²) in [5, 5.41) is 8.34. The number of hydrogen-bond donors (Lipinski definition) is 1. The third-order valence-electron chi connectivity index (χ3n) is 3.47. The molecule has 2 aromatic rings. The van der Waals surface area contributed by atoms with Gasteiger partial charge < -0.3 is 4.74 Å². The Morgan fingerprint density at radius 1 is 1.35 bits per heavy atom. The molecule has 17 heavy (non-hydrogen) atoms. The van der Waals surface area contributed by atoms with Crippen molar-refractivity contribution >= 4 is 10.8 Å². The molecule has 1 aromatic carbocycles. The average molecular weight is 230 g/mol. The van der Waals surface area contributed by atoms with Crippen molar-refractivity contribution in [2.45, 2.75) is 25.4 Å². The van der Waals surface area contributed by atoms with Crippen LogP contribution in [0.4, 0.5) is 0 Å². The van der Waals surface area contributed by atoms with E-state index in [9.17, 15) is 4.79 Å². The lowest BCUT2D eigenvalue weighted by atomic mass is 10.0. The summed E-state index contributed by atoms with van der Waals surface area (Å²) in [6, 6.07) is 5.79. The van der Waals surface area contributed by atoms with Crippen molar-refractivity contribution in [3.05, 3.63) is 39.8 Å². The molecule has 0 bridgehead atoms. The summed E-state index contributed by atoms with van der Waals surface area (Å²) >= 11 is 0. The number of aromatic nitrogens is 2. The van der Waals surface area contributed by atoms with Crippen molar-refractivity contribution < 1.29 is 4.74 Å². The Morgan fingerprint density at radius 3 is 2.76 bits per heavy atom. The van der Waals surface area contributed by atoms with Crippen LogP contribution in [0.3, 0.4) is 0 Å². The summed E-state index contributed by atoms with van der Waals surface area (Å²) in [5.74, 6) is 0. The van der Waals surface area contributed by atoms with E-state index >= 15 is 0 Å². The first-order valence-corrected chi connectivity index (χ1v) is 5.71. The Morgan fingerprint density at radius 2 is 2.12 bits per heavy atom. The zero-order chi connectivity index (χ0) is 12.0. The lowest BCUT2D eigenvalue weighted by Gasteiger charge is -2.14. The lowest BCUT2D eigenvalue weighted by Crippen LogP contribution is -2.18. The predicted octanol–water partition coefficient (Wildman–Crippen LogP) is 1.87. The van der Waals surface area contributed by atoms with Gasteiger partial charge in [-0.15, -0.1) is 0 Å². The Kier molecular flexibility index (Phi) is 2.10. The third kappa shape index (κ3) is 1.48. The first-order valence-electron chi connectivity index (χ1n) is 5.71. The monoisotopic (exact) mass is 230 g/mol. The fourth-order valence-electron chi connectivity index (χ4n) is 2.28. The highest BCUT2D eigenvalue weighted by molar-refractivity contribution is 5.85. The standard InChI is InChI=1S/C13H14N2O2/c1-8-3-4-9-10(7-8)11(14-15-12(9)16)13(17-2)5-6-13/h3-4,7H,5-6H2,1-2H3,(H,15,16). The number of methoxy groups -OCH3 is 1. The van der Waals surface area contributed by atoms with Gasteiger partial charge in [-0.1, -0.05) is 11.6 Å². The van der Waals surface area contributed by atoms with Crippen LogP contribution in [0.2, 0.25) is 0 Å². The fraction of sp³-hybridized carbons (Fsp3) is 0.385. The highest BCUT2D eigenvalue weighted by Crippen LogP contribution is 2.49. The molecule has 4 nitrogen and oxygen atoms in total. The molecule has 1 aliphatic carbocycles. The van der Waals surface area contributed by atoms with Crippen LogP contribution in [0.1, 0.15) is 24.1 Å². The zero-order valence-electron chi connectivity index (χ0n) is 9.91. The summed E-state index contributed by atoms with van der Waals surface area (Å²) in [6.07, 6.45) is 1.93. The summed E-state index contributed by atoms with van der Waals surface area (Å²) in [7, 11) is 1.70. The maximum absolute atomic E-state index is 11.7. The summed E-state index contributed by atoms with van der Waals surface area (Å²) in [4.78, 5) is 11.7. The Balaban J connectivity index is 2.36. The van der Waals surface area contributed by atoms with Gasteiger partial charge in [0.2, 0.25) is 0 Å². The molecule has 1 N–H and O–H groups in total. The molecule has 0 amide bonds. The Labute approximate surface area is 98.6 Å². The Hall–Kier alpha value is -1.68. The van der Waals surface area contributed by atoms with Crippen molar-refractivity contribution in [1.82, 2.24) is 10.2 Å². The number of aromatic amines is 1. The molecule has 1 aliphatic rings. The van der Waals surface area contributed by atoms with E-state index in [0.29, 0.717) is 5.39 Å². The van der Waals surface area contributed by atoms with Gasteiger partial charge >= 0.3 is 0 Å². The molecule has 1 fully saturated rings. The Bertz CT molecular complexity index is 641. The van der Waals surface area contributed by atoms with Crippen LogP contribution in [0, 0.1) is 6.92 Å². The minimum Gasteiger partial charge on any atom is -0.372 e. The van der Waals surface area contributed by atoms with Crippen LogP contribution in [0.25, 0.3) is 10.8 Å². The maximum atomic E-state index is 11.7. The van der Waals surface area contributed by atoms with Gasteiger partial charge in [-0.2, -0.15) is 5.10 Å². The molecular formula is C13H14N2O2. The van der Waals surface area contributed by atoms with Crippen LogP contribution >= 0.6 is 0 Å². The second kappa shape index (κ2) is 3.40. The van der Waals surface area contributed by atoms with Gasteiger partial charge in [-0.3, -0.25) is 4.79 Å². The second-order valence-corrected chi connectivity index (χ2v) is 4.65. The zero-order valence-corrected chi connectivity index (χ0v) is 9.91. The smallest absolute Gasteiger partial charge is 0.272 e. The first-order chi connectivity index (χ1) is 8.16. The van der Waals surface area contributed by atoms with E-state index in [2.05, 4.69) is 10.2 Å². The minimum absolute atomic E-state index is 0.143. The first kappa shape index (κ1) is 10.5. The highest BCUT2D eigenvalue weighted by Gasteiger charge is 2.47. The average Bonchev–Trinajstić information content (AvgIpc) is 3.10. The number of rotatable bonds is 2. The fourth-order valence-corrected chi connectivity index (χ4v) is 2.28. The van der Waals surface area contributed by atoms with E-state index in [0.717, 1.165) is 29.5 Å². The molecule has 88 valence electrons. The largest absolute Gasteiger partial charge is 0.372 e. The number of ether oxygens (including phenoxy) is 1.